The van der Waals surface area contributed by atoms with Gasteiger partial charge in [-0.25, -0.2) is 4.79 Å². The monoisotopic (exact) mass is 254 g/mol. The molecule has 3 heteroatoms. The second-order valence-electron chi connectivity index (χ2n) is 4.01. The zero-order valence-electron chi connectivity index (χ0n) is 10.3. The van der Waals surface area contributed by atoms with E-state index in [1.165, 1.54) is 0 Å². The Kier molecular flexibility index (Phi) is 4.34. The summed E-state index contributed by atoms with van der Waals surface area (Å²) in [5.74, 6) is -0.253. The number of benzene rings is 2. The van der Waals surface area contributed by atoms with Crippen LogP contribution in [0.2, 0.25) is 0 Å². The molecule has 19 heavy (non-hydrogen) atoms. The van der Waals surface area contributed by atoms with Crippen LogP contribution in [0, 0.1) is 0 Å². The van der Waals surface area contributed by atoms with E-state index in [0.717, 1.165) is 11.8 Å². The number of ether oxygens (including phenoxy) is 1. The van der Waals surface area contributed by atoms with Crippen LogP contribution in [0.4, 0.5) is 0 Å². The lowest BCUT2D eigenvalue weighted by atomic mass is 10.1. The van der Waals surface area contributed by atoms with E-state index in [1.807, 2.05) is 36.4 Å². The number of aliphatic hydroxyl groups excluding tert-OH is 1. The number of esters is 1. The molecule has 0 fully saturated rings. The second-order valence-corrected chi connectivity index (χ2v) is 4.01. The van der Waals surface area contributed by atoms with Crippen LogP contribution in [-0.4, -0.2) is 11.1 Å². The number of allylic oxidation sites excluding steroid dienone is 1. The molecule has 0 aliphatic carbocycles. The lowest BCUT2D eigenvalue weighted by Gasteiger charge is -2.07. The first kappa shape index (κ1) is 12.9. The molecule has 3 nitrogen and oxygen atoms in total. The van der Waals surface area contributed by atoms with E-state index >= 15 is 0 Å². The van der Waals surface area contributed by atoms with Crippen molar-refractivity contribution in [3.63, 3.8) is 0 Å². The van der Waals surface area contributed by atoms with Crippen LogP contribution >= 0.6 is 0 Å². The minimum atomic E-state index is -0.475. The van der Waals surface area contributed by atoms with Crippen LogP contribution in [0.15, 0.2) is 72.7 Å². The first-order valence-electron chi connectivity index (χ1n) is 5.94. The Morgan fingerprint density at radius 3 is 2.16 bits per heavy atom. The average Bonchev–Trinajstić information content (AvgIpc) is 2.48. The van der Waals surface area contributed by atoms with E-state index in [2.05, 4.69) is 0 Å². The molecule has 0 atom stereocenters. The maximum Gasteiger partial charge on any atom is 0.343 e. The normalized spacial score (nSPS) is 11.1. The van der Waals surface area contributed by atoms with E-state index < -0.39 is 5.97 Å². The predicted molar refractivity (Wildman–Crippen MR) is 72.7 cm³/mol. The van der Waals surface area contributed by atoms with Crippen molar-refractivity contribution in [1.29, 1.82) is 0 Å². The number of carbonyl (C=O) groups excluding carboxylic acids is 1. The summed E-state index contributed by atoms with van der Waals surface area (Å²) in [5, 5.41) is 9.14. The van der Waals surface area contributed by atoms with Gasteiger partial charge >= 0.3 is 5.97 Å². The van der Waals surface area contributed by atoms with Gasteiger partial charge < -0.3 is 9.84 Å². The molecular weight excluding hydrogens is 240 g/mol. The number of rotatable bonds is 4. The number of hydrogen-bond donors (Lipinski definition) is 1. The minimum absolute atomic E-state index is 0.222. The van der Waals surface area contributed by atoms with Gasteiger partial charge in [0.15, 0.2) is 0 Å². The molecule has 0 unspecified atom stereocenters. The molecule has 0 bridgehead atoms. The topological polar surface area (TPSA) is 46.5 Å². The molecule has 0 radical (unpaired) electrons. The third-order valence-electron chi connectivity index (χ3n) is 2.60. The fourth-order valence-electron chi connectivity index (χ4n) is 1.66. The molecule has 0 saturated carbocycles. The van der Waals surface area contributed by atoms with Gasteiger partial charge in [-0.3, -0.25) is 0 Å². The van der Waals surface area contributed by atoms with Crippen molar-refractivity contribution in [2.24, 2.45) is 0 Å². The number of aliphatic hydroxyl groups is 1. The average molecular weight is 254 g/mol. The SMILES string of the molecule is O=C(OC(=CO)Cc1ccccc1)c1ccccc1. The summed E-state index contributed by atoms with van der Waals surface area (Å²) in [6, 6.07) is 18.2. The standard InChI is InChI=1S/C16H14O3/c17-12-15(11-13-7-3-1-4-8-13)19-16(18)14-9-5-2-6-10-14/h1-10,12,17H,11H2. The van der Waals surface area contributed by atoms with Gasteiger partial charge in [-0.1, -0.05) is 48.5 Å². The Morgan fingerprint density at radius 2 is 1.58 bits per heavy atom. The highest BCUT2D eigenvalue weighted by molar-refractivity contribution is 5.89. The quantitative estimate of drug-likeness (QED) is 0.671. The molecule has 0 aliphatic rings. The van der Waals surface area contributed by atoms with Crippen molar-refractivity contribution in [1.82, 2.24) is 0 Å². The molecule has 0 saturated heterocycles. The van der Waals surface area contributed by atoms with Gasteiger partial charge in [0.2, 0.25) is 0 Å². The maximum absolute atomic E-state index is 11.8. The van der Waals surface area contributed by atoms with Crippen molar-refractivity contribution >= 4 is 5.97 Å². The third-order valence-corrected chi connectivity index (χ3v) is 2.60. The number of hydrogen-bond acceptors (Lipinski definition) is 3. The van der Waals surface area contributed by atoms with Crippen molar-refractivity contribution in [2.45, 2.75) is 6.42 Å². The largest absolute Gasteiger partial charge is 0.512 e. The lowest BCUT2D eigenvalue weighted by molar-refractivity contribution is 0.0608. The zero-order chi connectivity index (χ0) is 13.5. The van der Waals surface area contributed by atoms with Gasteiger partial charge in [-0.2, -0.15) is 0 Å². The van der Waals surface area contributed by atoms with Gasteiger partial charge in [0.05, 0.1) is 5.56 Å². The first-order valence-corrected chi connectivity index (χ1v) is 5.94. The Balaban J connectivity index is 2.03. The maximum atomic E-state index is 11.8. The fraction of sp³-hybridized carbons (Fsp3) is 0.0625. The van der Waals surface area contributed by atoms with Crippen LogP contribution < -0.4 is 0 Å². The highest BCUT2D eigenvalue weighted by Crippen LogP contribution is 2.11. The second kappa shape index (κ2) is 6.40. The van der Waals surface area contributed by atoms with E-state index in [-0.39, 0.29) is 5.76 Å². The smallest absolute Gasteiger partial charge is 0.343 e. The summed E-state index contributed by atoms with van der Waals surface area (Å²) in [6.07, 6.45) is 1.20. The van der Waals surface area contributed by atoms with Crippen LogP contribution in [-0.2, 0) is 11.2 Å². The van der Waals surface area contributed by atoms with Gasteiger partial charge in [-0.05, 0) is 17.7 Å². The zero-order valence-corrected chi connectivity index (χ0v) is 10.3. The van der Waals surface area contributed by atoms with Gasteiger partial charge in [0.1, 0.15) is 12.0 Å². The van der Waals surface area contributed by atoms with Crippen LogP contribution in [0.25, 0.3) is 0 Å². The summed E-state index contributed by atoms with van der Waals surface area (Å²) in [7, 11) is 0. The molecule has 1 N–H and O–H groups in total. The van der Waals surface area contributed by atoms with E-state index in [9.17, 15) is 4.79 Å². The Morgan fingerprint density at radius 1 is 1.00 bits per heavy atom. The van der Waals surface area contributed by atoms with Crippen molar-refractivity contribution in [3.05, 3.63) is 83.8 Å². The van der Waals surface area contributed by atoms with Crippen molar-refractivity contribution < 1.29 is 14.6 Å². The Bertz CT molecular complexity index is 559. The molecule has 0 aromatic heterocycles. The highest BCUT2D eigenvalue weighted by Gasteiger charge is 2.10. The minimum Gasteiger partial charge on any atom is -0.512 e. The molecule has 0 aliphatic heterocycles. The summed E-state index contributed by atoms with van der Waals surface area (Å²) in [6.45, 7) is 0. The first-order chi connectivity index (χ1) is 9.29. The summed E-state index contributed by atoms with van der Waals surface area (Å²) >= 11 is 0. The predicted octanol–water partition coefficient (Wildman–Crippen LogP) is 3.49. The molecule has 0 spiro atoms. The highest BCUT2D eigenvalue weighted by atomic mass is 16.5. The fourth-order valence-corrected chi connectivity index (χ4v) is 1.66. The summed E-state index contributed by atoms with van der Waals surface area (Å²) in [4.78, 5) is 11.8. The molecule has 2 aromatic rings. The Labute approximate surface area is 111 Å². The van der Waals surface area contributed by atoms with Crippen molar-refractivity contribution in [2.75, 3.05) is 0 Å². The molecule has 0 heterocycles. The third kappa shape index (κ3) is 3.71. The number of carbonyl (C=O) groups is 1. The lowest BCUT2D eigenvalue weighted by Crippen LogP contribution is -2.06. The van der Waals surface area contributed by atoms with Gasteiger partial charge in [0.25, 0.3) is 0 Å². The van der Waals surface area contributed by atoms with E-state index in [1.54, 1.807) is 24.3 Å². The molecule has 0 amide bonds. The molecule has 2 aromatic carbocycles. The van der Waals surface area contributed by atoms with Crippen LogP contribution in [0.3, 0.4) is 0 Å². The van der Waals surface area contributed by atoms with E-state index in [0.29, 0.717) is 12.0 Å². The summed E-state index contributed by atoms with van der Waals surface area (Å²) in [5.41, 5.74) is 1.42. The Hall–Kier alpha value is -2.55. The van der Waals surface area contributed by atoms with E-state index in [4.69, 9.17) is 9.84 Å². The molecule has 2 rings (SSSR count). The van der Waals surface area contributed by atoms with Gasteiger partial charge in [-0.15, -0.1) is 0 Å². The molecule has 96 valence electrons. The molecular formula is C16H14O3. The van der Waals surface area contributed by atoms with Gasteiger partial charge in [0, 0.05) is 6.42 Å². The van der Waals surface area contributed by atoms with Crippen LogP contribution in [0.5, 0.6) is 0 Å². The van der Waals surface area contributed by atoms with Crippen molar-refractivity contribution in [3.8, 4) is 0 Å². The summed E-state index contributed by atoms with van der Waals surface area (Å²) < 4.78 is 5.16. The van der Waals surface area contributed by atoms with Crippen LogP contribution in [0.1, 0.15) is 15.9 Å².